The predicted molar refractivity (Wildman–Crippen MR) is 356 cm³/mol. The molecule has 480 valence electrons. The second kappa shape index (κ2) is 70.8. The van der Waals surface area contributed by atoms with E-state index in [0.29, 0.717) is 25.9 Å². The van der Waals surface area contributed by atoms with Crippen LogP contribution in [0.4, 0.5) is 0 Å². The number of hydrogen-bond donors (Lipinski definition) is 3. The van der Waals surface area contributed by atoms with Gasteiger partial charge in [-0.25, -0.2) is 0 Å². The maximum absolute atomic E-state index is 12.5. The summed E-state index contributed by atoms with van der Waals surface area (Å²) in [6, 6.07) is -0.539. The number of nitrogens with one attached hydrogen (secondary N) is 1. The van der Waals surface area contributed by atoms with Crippen LogP contribution < -0.4 is 5.32 Å². The lowest BCUT2D eigenvalue weighted by molar-refractivity contribution is -0.143. The minimum absolute atomic E-state index is 0.0126. The van der Waals surface area contributed by atoms with Gasteiger partial charge in [0.05, 0.1) is 25.4 Å². The molecular formula is C75H145NO5. The van der Waals surface area contributed by atoms with Crippen molar-refractivity contribution in [1.82, 2.24) is 5.32 Å². The summed E-state index contributed by atoms with van der Waals surface area (Å²) in [7, 11) is 0. The van der Waals surface area contributed by atoms with E-state index in [9.17, 15) is 19.8 Å². The summed E-state index contributed by atoms with van der Waals surface area (Å²) in [5.41, 5.74) is 0. The number of ether oxygens (including phenoxy) is 1. The average molecular weight is 1140 g/mol. The van der Waals surface area contributed by atoms with Crippen molar-refractivity contribution in [3.05, 3.63) is 24.3 Å². The third-order valence-corrected chi connectivity index (χ3v) is 17.5. The van der Waals surface area contributed by atoms with Gasteiger partial charge in [-0.05, 0) is 57.8 Å². The summed E-state index contributed by atoms with van der Waals surface area (Å²) < 4.78 is 5.50. The van der Waals surface area contributed by atoms with Crippen molar-refractivity contribution >= 4 is 11.9 Å². The van der Waals surface area contributed by atoms with Crippen LogP contribution in [0.5, 0.6) is 0 Å². The quantitative estimate of drug-likeness (QED) is 0.0320. The van der Waals surface area contributed by atoms with Crippen LogP contribution in [0.15, 0.2) is 24.3 Å². The predicted octanol–water partition coefficient (Wildman–Crippen LogP) is 24.1. The number of carbonyl (C=O) groups excluding carboxylic acids is 2. The number of hydrogen-bond acceptors (Lipinski definition) is 5. The Bertz CT molecular complexity index is 1270. The second-order valence-corrected chi connectivity index (χ2v) is 25.6. The average Bonchev–Trinajstić information content (AvgIpc) is 3.47. The van der Waals surface area contributed by atoms with Crippen LogP contribution in [-0.4, -0.2) is 47.4 Å². The van der Waals surface area contributed by atoms with Gasteiger partial charge in [0.2, 0.25) is 5.91 Å². The molecule has 0 fully saturated rings. The number of esters is 1. The first-order valence-electron chi connectivity index (χ1n) is 37.1. The zero-order valence-electron chi connectivity index (χ0n) is 55.0. The Morgan fingerprint density at radius 1 is 0.346 bits per heavy atom. The van der Waals surface area contributed by atoms with Crippen LogP contribution in [0.25, 0.3) is 0 Å². The highest BCUT2D eigenvalue weighted by Crippen LogP contribution is 2.20. The molecule has 0 rings (SSSR count). The topological polar surface area (TPSA) is 95.9 Å². The van der Waals surface area contributed by atoms with E-state index in [1.54, 1.807) is 0 Å². The summed E-state index contributed by atoms with van der Waals surface area (Å²) in [5.74, 6) is -0.0147. The molecule has 0 aliphatic heterocycles. The maximum atomic E-state index is 12.5. The van der Waals surface area contributed by atoms with Gasteiger partial charge < -0.3 is 20.3 Å². The molecule has 0 saturated heterocycles. The van der Waals surface area contributed by atoms with Crippen LogP contribution in [0.1, 0.15) is 418 Å². The molecule has 3 N–H and O–H groups in total. The van der Waals surface area contributed by atoms with E-state index in [2.05, 4.69) is 43.5 Å². The molecule has 81 heavy (non-hydrogen) atoms. The van der Waals surface area contributed by atoms with Crippen molar-refractivity contribution in [2.45, 2.75) is 431 Å². The van der Waals surface area contributed by atoms with Crippen molar-refractivity contribution in [3.63, 3.8) is 0 Å². The molecule has 2 atom stereocenters. The Kier molecular flexibility index (Phi) is 69.4. The Morgan fingerprint density at radius 2 is 0.617 bits per heavy atom. The second-order valence-electron chi connectivity index (χ2n) is 25.6. The highest BCUT2D eigenvalue weighted by molar-refractivity contribution is 5.76. The fourth-order valence-corrected chi connectivity index (χ4v) is 11.9. The van der Waals surface area contributed by atoms with Gasteiger partial charge in [-0.1, -0.05) is 372 Å². The third kappa shape index (κ3) is 67.3. The van der Waals surface area contributed by atoms with Crippen molar-refractivity contribution in [3.8, 4) is 0 Å². The number of unbranched alkanes of at least 4 members (excludes halogenated alkanes) is 55. The molecule has 0 spiro atoms. The van der Waals surface area contributed by atoms with Gasteiger partial charge in [0.15, 0.2) is 0 Å². The smallest absolute Gasteiger partial charge is 0.305 e. The molecular weight excluding hydrogens is 995 g/mol. The van der Waals surface area contributed by atoms with Gasteiger partial charge in [-0.15, -0.1) is 0 Å². The first-order valence-corrected chi connectivity index (χ1v) is 37.1. The molecule has 0 aliphatic carbocycles. The molecule has 0 saturated carbocycles. The highest BCUT2D eigenvalue weighted by atomic mass is 16.5. The standard InChI is InChI=1S/C75H145NO5/c1-3-5-7-9-11-13-15-17-19-21-36-39-43-47-51-55-59-63-67-73(78)72(71-77)76-74(79)68-64-60-56-52-48-44-40-37-33-31-29-27-25-23-22-24-26-28-30-32-34-38-42-46-50-54-58-62-66-70-81-75(80)69-65-61-57-53-49-45-41-35-20-18-16-14-12-10-8-6-4-2/h12,14,18,20,72-73,77-78H,3-11,13,15-17,19,21-71H2,1-2H3,(H,76,79)/b14-12-,20-18-. The molecule has 6 heteroatoms. The summed E-state index contributed by atoms with van der Waals surface area (Å²) in [6.45, 7) is 4.97. The van der Waals surface area contributed by atoms with Crippen molar-refractivity contribution in [2.75, 3.05) is 13.2 Å². The minimum Gasteiger partial charge on any atom is -0.466 e. The molecule has 0 aromatic rings. The largest absolute Gasteiger partial charge is 0.466 e. The number of rotatable bonds is 70. The Morgan fingerprint density at radius 3 is 0.963 bits per heavy atom. The third-order valence-electron chi connectivity index (χ3n) is 17.5. The summed E-state index contributed by atoms with van der Waals surface area (Å²) >= 11 is 0. The Labute approximate surface area is 507 Å². The molecule has 0 aliphatic rings. The molecule has 0 radical (unpaired) electrons. The van der Waals surface area contributed by atoms with Gasteiger partial charge in [0.1, 0.15) is 0 Å². The molecule has 6 nitrogen and oxygen atoms in total. The number of aliphatic hydroxyl groups excluding tert-OH is 2. The Balaban J connectivity index is 3.33. The zero-order chi connectivity index (χ0) is 58.5. The van der Waals surface area contributed by atoms with Crippen LogP contribution in [-0.2, 0) is 14.3 Å². The molecule has 0 bridgehead atoms. The van der Waals surface area contributed by atoms with Gasteiger partial charge in [0, 0.05) is 12.8 Å². The lowest BCUT2D eigenvalue weighted by atomic mass is 10.0. The van der Waals surface area contributed by atoms with E-state index in [1.807, 2.05) is 0 Å². The van der Waals surface area contributed by atoms with E-state index >= 15 is 0 Å². The SMILES string of the molecule is CCCCC/C=C\C/C=C\CCCCCCCCCC(=O)OCCCCCCCCCCCCCCCCCCCCCCCCCCCCCCCC(=O)NC(CO)C(O)CCCCCCCCCCCCCCCCCCCC. The van der Waals surface area contributed by atoms with E-state index in [-0.39, 0.29) is 18.5 Å². The van der Waals surface area contributed by atoms with Crippen molar-refractivity contribution in [2.24, 2.45) is 0 Å². The summed E-state index contributed by atoms with van der Waals surface area (Å²) in [5, 5.41) is 23.4. The molecule has 0 heterocycles. The van der Waals surface area contributed by atoms with Crippen LogP contribution in [0, 0.1) is 0 Å². The fraction of sp³-hybridized carbons (Fsp3) is 0.920. The fourth-order valence-electron chi connectivity index (χ4n) is 11.9. The lowest BCUT2D eigenvalue weighted by Gasteiger charge is -2.22. The van der Waals surface area contributed by atoms with E-state index in [0.717, 1.165) is 51.4 Å². The number of aliphatic hydroxyl groups is 2. The van der Waals surface area contributed by atoms with E-state index in [4.69, 9.17) is 4.74 Å². The van der Waals surface area contributed by atoms with E-state index < -0.39 is 12.1 Å². The van der Waals surface area contributed by atoms with Crippen LogP contribution in [0.3, 0.4) is 0 Å². The van der Waals surface area contributed by atoms with Crippen molar-refractivity contribution < 1.29 is 24.5 Å². The van der Waals surface area contributed by atoms with Gasteiger partial charge in [-0.3, -0.25) is 9.59 Å². The monoisotopic (exact) mass is 1140 g/mol. The Hall–Kier alpha value is -1.66. The molecule has 2 unspecified atom stereocenters. The van der Waals surface area contributed by atoms with Crippen LogP contribution >= 0.6 is 0 Å². The van der Waals surface area contributed by atoms with Gasteiger partial charge in [0.25, 0.3) is 0 Å². The normalized spacial score (nSPS) is 12.6. The zero-order valence-corrected chi connectivity index (χ0v) is 55.0. The summed E-state index contributed by atoms with van der Waals surface area (Å²) in [6.07, 6.45) is 89.5. The van der Waals surface area contributed by atoms with Gasteiger partial charge in [-0.2, -0.15) is 0 Å². The highest BCUT2D eigenvalue weighted by Gasteiger charge is 2.20. The molecule has 1 amide bonds. The molecule has 0 aromatic heterocycles. The number of amides is 1. The number of carbonyl (C=O) groups is 2. The van der Waals surface area contributed by atoms with Crippen molar-refractivity contribution in [1.29, 1.82) is 0 Å². The minimum atomic E-state index is -0.662. The summed E-state index contributed by atoms with van der Waals surface area (Å²) in [4.78, 5) is 24.6. The first kappa shape index (κ1) is 79.3. The van der Waals surface area contributed by atoms with E-state index in [1.165, 1.54) is 334 Å². The number of allylic oxidation sites excluding steroid dienone is 4. The van der Waals surface area contributed by atoms with Gasteiger partial charge >= 0.3 is 5.97 Å². The van der Waals surface area contributed by atoms with Crippen LogP contribution in [0.2, 0.25) is 0 Å². The maximum Gasteiger partial charge on any atom is 0.305 e. The lowest BCUT2D eigenvalue weighted by Crippen LogP contribution is -2.45. The first-order chi connectivity index (χ1) is 40.0. The molecule has 0 aromatic carbocycles.